The second kappa shape index (κ2) is 5.92. The molecule has 0 saturated carbocycles. The lowest BCUT2D eigenvalue weighted by atomic mass is 10.2. The van der Waals surface area contributed by atoms with Crippen LogP contribution in [0.3, 0.4) is 0 Å². The largest absolute Gasteiger partial charge is 0.461 e. The molecule has 1 saturated heterocycles. The maximum absolute atomic E-state index is 11.7. The topological polar surface area (TPSA) is 77.0 Å². The molecule has 0 aliphatic carbocycles. The third kappa shape index (κ3) is 2.58. The molecular weight excluding hydrogens is 306 g/mol. The van der Waals surface area contributed by atoms with Crippen molar-refractivity contribution >= 4 is 5.91 Å². The van der Waals surface area contributed by atoms with Crippen LogP contribution in [-0.2, 0) is 11.3 Å². The van der Waals surface area contributed by atoms with Crippen LogP contribution < -0.4 is 0 Å². The Morgan fingerprint density at radius 1 is 1.29 bits per heavy atom. The van der Waals surface area contributed by atoms with Crippen LogP contribution in [0.5, 0.6) is 0 Å². The van der Waals surface area contributed by atoms with E-state index in [0.29, 0.717) is 18.0 Å². The van der Waals surface area contributed by atoms with E-state index in [1.54, 1.807) is 30.9 Å². The van der Waals surface area contributed by atoms with Gasteiger partial charge in [-0.05, 0) is 18.6 Å². The molecule has 1 aliphatic heterocycles. The van der Waals surface area contributed by atoms with Crippen LogP contribution in [0.4, 0.5) is 0 Å². The Labute approximate surface area is 139 Å². The number of furan rings is 1. The third-order valence-corrected chi connectivity index (χ3v) is 4.41. The van der Waals surface area contributed by atoms with Gasteiger partial charge in [-0.25, -0.2) is 15.0 Å². The van der Waals surface area contributed by atoms with Crippen molar-refractivity contribution in [2.45, 2.75) is 25.4 Å². The molecule has 4 rings (SSSR count). The summed E-state index contributed by atoms with van der Waals surface area (Å²) in [6.45, 7) is 0.720. The van der Waals surface area contributed by atoms with Crippen LogP contribution in [-0.4, -0.2) is 43.4 Å². The summed E-state index contributed by atoms with van der Waals surface area (Å²) in [7, 11) is 1.86. The number of hydrogen-bond donors (Lipinski definition) is 0. The number of likely N-dealkylation sites (N-methyl/N-ethyl adjacent to an activating group) is 1. The average molecular weight is 323 g/mol. The fourth-order valence-electron chi connectivity index (χ4n) is 3.00. The first-order valence-electron chi connectivity index (χ1n) is 7.85. The minimum Gasteiger partial charge on any atom is -0.461 e. The summed E-state index contributed by atoms with van der Waals surface area (Å²) in [5, 5.41) is 0. The lowest BCUT2D eigenvalue weighted by molar-refractivity contribution is -0.127. The van der Waals surface area contributed by atoms with Crippen LogP contribution in [0.25, 0.3) is 23.0 Å². The quantitative estimate of drug-likeness (QED) is 0.736. The van der Waals surface area contributed by atoms with Gasteiger partial charge in [-0.3, -0.25) is 4.79 Å². The van der Waals surface area contributed by atoms with Crippen molar-refractivity contribution < 1.29 is 9.21 Å². The highest BCUT2D eigenvalue weighted by Gasteiger charge is 2.28. The number of carbonyl (C=O) groups is 1. The molecule has 7 heteroatoms. The molecule has 0 N–H and O–H groups in total. The third-order valence-electron chi connectivity index (χ3n) is 4.41. The Morgan fingerprint density at radius 3 is 2.79 bits per heavy atom. The van der Waals surface area contributed by atoms with Crippen molar-refractivity contribution in [3.8, 4) is 23.0 Å². The van der Waals surface area contributed by atoms with E-state index in [9.17, 15) is 4.79 Å². The van der Waals surface area contributed by atoms with E-state index in [0.717, 1.165) is 24.4 Å². The number of aromatic nitrogens is 4. The fourth-order valence-corrected chi connectivity index (χ4v) is 3.00. The summed E-state index contributed by atoms with van der Waals surface area (Å²) in [5.41, 5.74) is 0.835. The van der Waals surface area contributed by atoms with Crippen LogP contribution in [0.2, 0.25) is 0 Å². The molecule has 1 aliphatic rings. The first-order chi connectivity index (χ1) is 11.7. The molecule has 0 spiro atoms. The van der Waals surface area contributed by atoms with Gasteiger partial charge in [0.25, 0.3) is 0 Å². The van der Waals surface area contributed by atoms with Crippen molar-refractivity contribution in [3.05, 3.63) is 43.2 Å². The van der Waals surface area contributed by atoms with Gasteiger partial charge in [-0.2, -0.15) is 0 Å². The molecule has 0 aromatic carbocycles. The zero-order valence-electron chi connectivity index (χ0n) is 13.3. The zero-order chi connectivity index (χ0) is 16.5. The van der Waals surface area contributed by atoms with Gasteiger partial charge in [0, 0.05) is 50.8 Å². The first-order valence-corrected chi connectivity index (χ1v) is 7.85. The monoisotopic (exact) mass is 323 g/mol. The zero-order valence-corrected chi connectivity index (χ0v) is 13.3. The molecule has 0 radical (unpaired) electrons. The predicted molar refractivity (Wildman–Crippen MR) is 86.7 cm³/mol. The highest BCUT2D eigenvalue weighted by Crippen LogP contribution is 2.23. The lowest BCUT2D eigenvalue weighted by Crippen LogP contribution is -2.32. The number of hydrogen-bond acceptors (Lipinski definition) is 5. The number of imidazole rings is 1. The van der Waals surface area contributed by atoms with Crippen molar-refractivity contribution in [3.63, 3.8) is 0 Å². The summed E-state index contributed by atoms with van der Waals surface area (Å²) in [6.07, 6.45) is 10.3. The SMILES string of the molecule is CN1C(=O)CC[C@@H]1Cn1ccnc1-c1cnc(-c2ccco2)nc1. The summed E-state index contributed by atoms with van der Waals surface area (Å²) in [4.78, 5) is 26.6. The molecule has 122 valence electrons. The summed E-state index contributed by atoms with van der Waals surface area (Å²) in [5.74, 6) is 2.18. The summed E-state index contributed by atoms with van der Waals surface area (Å²) < 4.78 is 7.35. The predicted octanol–water partition coefficient (Wildman–Crippen LogP) is 2.22. The minimum absolute atomic E-state index is 0.202. The Balaban J connectivity index is 1.57. The summed E-state index contributed by atoms with van der Waals surface area (Å²) in [6, 6.07) is 3.83. The van der Waals surface area contributed by atoms with E-state index in [-0.39, 0.29) is 11.9 Å². The number of nitrogens with zero attached hydrogens (tertiary/aromatic N) is 5. The average Bonchev–Trinajstić information content (AvgIpc) is 3.34. The van der Waals surface area contributed by atoms with Crippen LogP contribution >= 0.6 is 0 Å². The van der Waals surface area contributed by atoms with Crippen LogP contribution in [0, 0.1) is 0 Å². The smallest absolute Gasteiger partial charge is 0.222 e. The molecule has 1 amide bonds. The van der Waals surface area contributed by atoms with Gasteiger partial charge in [0.15, 0.2) is 11.6 Å². The van der Waals surface area contributed by atoms with Crippen molar-refractivity contribution in [1.82, 2.24) is 24.4 Å². The van der Waals surface area contributed by atoms with Crippen molar-refractivity contribution in [2.75, 3.05) is 7.05 Å². The van der Waals surface area contributed by atoms with Gasteiger partial charge in [-0.15, -0.1) is 0 Å². The maximum Gasteiger partial charge on any atom is 0.222 e. The molecule has 0 unspecified atom stereocenters. The number of carbonyl (C=O) groups excluding carboxylic acids is 1. The van der Waals surface area contributed by atoms with Gasteiger partial charge in [-0.1, -0.05) is 0 Å². The van der Waals surface area contributed by atoms with E-state index >= 15 is 0 Å². The second-order valence-electron chi connectivity index (χ2n) is 5.87. The van der Waals surface area contributed by atoms with E-state index in [2.05, 4.69) is 15.0 Å². The van der Waals surface area contributed by atoms with E-state index in [4.69, 9.17) is 4.42 Å². The number of amides is 1. The van der Waals surface area contributed by atoms with Crippen LogP contribution in [0.15, 0.2) is 47.6 Å². The van der Waals surface area contributed by atoms with Gasteiger partial charge < -0.3 is 13.9 Å². The molecular formula is C17H17N5O2. The Bertz CT molecular complexity index is 838. The molecule has 3 aromatic rings. The Kier molecular flexibility index (Phi) is 3.60. The molecule has 24 heavy (non-hydrogen) atoms. The van der Waals surface area contributed by atoms with E-state index < -0.39 is 0 Å². The normalized spacial score (nSPS) is 17.6. The van der Waals surface area contributed by atoms with Crippen molar-refractivity contribution in [2.24, 2.45) is 0 Å². The standard InChI is InChI=1S/C17H17N5O2/c1-21-13(4-5-15(21)23)11-22-7-6-18-17(22)12-9-19-16(20-10-12)14-3-2-8-24-14/h2-3,6-10,13H,4-5,11H2,1H3/t13-/m1/s1. The van der Waals surface area contributed by atoms with Gasteiger partial charge in [0.05, 0.1) is 11.8 Å². The van der Waals surface area contributed by atoms with E-state index in [1.807, 2.05) is 28.8 Å². The lowest BCUT2D eigenvalue weighted by Gasteiger charge is -2.21. The first kappa shape index (κ1) is 14.6. The fraction of sp³-hybridized carbons (Fsp3) is 0.294. The maximum atomic E-state index is 11.7. The second-order valence-corrected chi connectivity index (χ2v) is 5.87. The Hall–Kier alpha value is -2.96. The summed E-state index contributed by atoms with van der Waals surface area (Å²) >= 11 is 0. The molecule has 1 fully saturated rings. The van der Waals surface area contributed by atoms with Crippen LogP contribution in [0.1, 0.15) is 12.8 Å². The molecule has 3 aromatic heterocycles. The van der Waals surface area contributed by atoms with Gasteiger partial charge in [0.1, 0.15) is 5.82 Å². The molecule has 1 atom stereocenters. The Morgan fingerprint density at radius 2 is 2.12 bits per heavy atom. The number of rotatable bonds is 4. The minimum atomic E-state index is 0.202. The van der Waals surface area contributed by atoms with E-state index in [1.165, 1.54) is 0 Å². The molecule has 7 nitrogen and oxygen atoms in total. The number of likely N-dealkylation sites (tertiary alicyclic amines) is 1. The highest BCUT2D eigenvalue weighted by molar-refractivity contribution is 5.78. The van der Waals surface area contributed by atoms with Gasteiger partial charge in [0.2, 0.25) is 5.91 Å². The molecule has 4 heterocycles. The highest BCUT2D eigenvalue weighted by atomic mass is 16.3. The van der Waals surface area contributed by atoms with Crippen molar-refractivity contribution in [1.29, 1.82) is 0 Å². The molecule has 0 bridgehead atoms. The van der Waals surface area contributed by atoms with Gasteiger partial charge >= 0.3 is 0 Å².